The molecule has 0 aliphatic rings. The quantitative estimate of drug-likeness (QED) is 0.546. The second kappa shape index (κ2) is 7.53. The molecule has 3 heterocycles. The van der Waals surface area contributed by atoms with Crippen LogP contribution in [0.2, 0.25) is 5.02 Å². The highest BCUT2D eigenvalue weighted by Crippen LogP contribution is 2.34. The van der Waals surface area contributed by atoms with Gasteiger partial charge in [0.2, 0.25) is 0 Å². The number of hydrogen-bond acceptors (Lipinski definition) is 6. The average Bonchev–Trinajstić information content (AvgIpc) is 3.10. The number of pyridine rings is 2. The van der Waals surface area contributed by atoms with Crippen molar-refractivity contribution in [3.05, 3.63) is 47.4 Å². The van der Waals surface area contributed by atoms with Crippen molar-refractivity contribution >= 4 is 34.6 Å². The van der Waals surface area contributed by atoms with E-state index >= 15 is 0 Å². The molecule has 0 atom stereocenters. The highest BCUT2D eigenvalue weighted by Gasteiger charge is 2.30. The van der Waals surface area contributed by atoms with Crippen LogP contribution in [0.25, 0.3) is 22.3 Å². The Labute approximate surface area is 154 Å². The van der Waals surface area contributed by atoms with Gasteiger partial charge in [0.15, 0.2) is 5.92 Å². The first-order valence-corrected chi connectivity index (χ1v) is 8.16. The largest absolute Gasteiger partial charge is 0.468 e. The minimum absolute atomic E-state index is 0.0904. The molecule has 0 amide bonds. The minimum atomic E-state index is -1.08. The van der Waals surface area contributed by atoms with E-state index in [0.29, 0.717) is 21.9 Å². The van der Waals surface area contributed by atoms with Crippen LogP contribution in [-0.2, 0) is 25.5 Å². The van der Waals surface area contributed by atoms with Gasteiger partial charge in [-0.15, -0.1) is 0 Å². The van der Waals surface area contributed by atoms with Crippen molar-refractivity contribution in [2.24, 2.45) is 5.92 Å². The molecule has 7 nitrogen and oxygen atoms in total. The maximum Gasteiger partial charge on any atom is 0.320 e. The lowest BCUT2D eigenvalue weighted by molar-refractivity contribution is -0.158. The van der Waals surface area contributed by atoms with Gasteiger partial charge in [-0.2, -0.15) is 0 Å². The zero-order chi connectivity index (χ0) is 18.7. The van der Waals surface area contributed by atoms with E-state index in [1.54, 1.807) is 36.8 Å². The van der Waals surface area contributed by atoms with Crippen molar-refractivity contribution < 1.29 is 19.1 Å². The molecule has 1 N–H and O–H groups in total. The second-order valence-electron chi connectivity index (χ2n) is 5.53. The highest BCUT2D eigenvalue weighted by molar-refractivity contribution is 6.36. The standard InChI is InChI=1S/C18H16ClN3O4/c1-25-17(23)11(18(24)26-2)8-10-4-3-6-20-15(10)12-9-22-16-14(12)13(19)5-7-21-16/h3-7,9,11H,8H2,1-2H3,(H,21,22). The van der Waals surface area contributed by atoms with Gasteiger partial charge in [0.25, 0.3) is 0 Å². The molecule has 0 fully saturated rings. The smallest absolute Gasteiger partial charge is 0.320 e. The van der Waals surface area contributed by atoms with Crippen LogP contribution in [0.3, 0.4) is 0 Å². The molecule has 26 heavy (non-hydrogen) atoms. The normalized spacial score (nSPS) is 10.9. The molecule has 0 aromatic carbocycles. The van der Waals surface area contributed by atoms with E-state index < -0.39 is 17.9 Å². The Bertz CT molecular complexity index is 954. The van der Waals surface area contributed by atoms with Crippen molar-refractivity contribution in [3.63, 3.8) is 0 Å². The maximum absolute atomic E-state index is 12.0. The zero-order valence-electron chi connectivity index (χ0n) is 14.2. The average molecular weight is 374 g/mol. The molecule has 3 rings (SSSR count). The second-order valence-corrected chi connectivity index (χ2v) is 5.94. The monoisotopic (exact) mass is 373 g/mol. The summed E-state index contributed by atoms with van der Waals surface area (Å²) in [5.74, 6) is -2.40. The molecule has 0 aliphatic carbocycles. The van der Waals surface area contributed by atoms with Crippen LogP contribution in [0.15, 0.2) is 36.8 Å². The van der Waals surface area contributed by atoms with Gasteiger partial charge in [-0.25, -0.2) is 4.98 Å². The van der Waals surface area contributed by atoms with Crippen LogP contribution in [0, 0.1) is 5.92 Å². The fourth-order valence-electron chi connectivity index (χ4n) is 2.82. The molecular weight excluding hydrogens is 358 g/mol. The Hall–Kier alpha value is -2.93. The highest BCUT2D eigenvalue weighted by atomic mass is 35.5. The first-order valence-electron chi connectivity index (χ1n) is 7.78. The summed E-state index contributed by atoms with van der Waals surface area (Å²) < 4.78 is 9.46. The van der Waals surface area contributed by atoms with Crippen molar-refractivity contribution in [3.8, 4) is 11.3 Å². The van der Waals surface area contributed by atoms with Crippen molar-refractivity contribution in [2.45, 2.75) is 6.42 Å². The van der Waals surface area contributed by atoms with Crippen LogP contribution in [-0.4, -0.2) is 41.1 Å². The molecule has 0 radical (unpaired) electrons. The number of H-pyrrole nitrogens is 1. The van der Waals surface area contributed by atoms with Gasteiger partial charge in [0, 0.05) is 29.5 Å². The number of nitrogens with one attached hydrogen (secondary N) is 1. The lowest BCUT2D eigenvalue weighted by Crippen LogP contribution is -2.28. The first-order chi connectivity index (χ1) is 12.6. The van der Waals surface area contributed by atoms with Gasteiger partial charge >= 0.3 is 11.9 Å². The Balaban J connectivity index is 2.08. The topological polar surface area (TPSA) is 94.2 Å². The maximum atomic E-state index is 12.0. The zero-order valence-corrected chi connectivity index (χ0v) is 14.9. The fourth-order valence-corrected chi connectivity index (χ4v) is 3.06. The van der Waals surface area contributed by atoms with Gasteiger partial charge in [0.05, 0.1) is 24.9 Å². The Kier molecular flexibility index (Phi) is 5.18. The van der Waals surface area contributed by atoms with Crippen LogP contribution >= 0.6 is 11.6 Å². The number of nitrogens with zero attached hydrogens (tertiary/aromatic N) is 2. The molecule has 0 bridgehead atoms. The molecule has 3 aromatic rings. The predicted octanol–water partition coefficient (Wildman–Crippen LogP) is 2.78. The SMILES string of the molecule is COC(=O)C(Cc1cccnc1-c1c[nH]c2nccc(Cl)c12)C(=O)OC. The first kappa shape index (κ1) is 17.9. The van der Waals surface area contributed by atoms with Crippen molar-refractivity contribution in [1.29, 1.82) is 0 Å². The number of aromatic nitrogens is 3. The summed E-state index contributed by atoms with van der Waals surface area (Å²) in [4.78, 5) is 35.7. The number of halogens is 1. The predicted molar refractivity (Wildman–Crippen MR) is 95.6 cm³/mol. The fraction of sp³-hybridized carbons (Fsp3) is 0.222. The summed E-state index contributed by atoms with van der Waals surface area (Å²) >= 11 is 6.32. The summed E-state index contributed by atoms with van der Waals surface area (Å²) in [6.45, 7) is 0. The number of aromatic amines is 1. The summed E-state index contributed by atoms with van der Waals surface area (Å²) in [5, 5.41) is 1.25. The molecule has 0 unspecified atom stereocenters. The van der Waals surface area contributed by atoms with Crippen molar-refractivity contribution in [2.75, 3.05) is 14.2 Å². The van der Waals surface area contributed by atoms with Crippen LogP contribution in [0.1, 0.15) is 5.56 Å². The molecule has 0 aliphatic heterocycles. The van der Waals surface area contributed by atoms with E-state index in [9.17, 15) is 9.59 Å². The number of esters is 2. The number of carbonyl (C=O) groups excluding carboxylic acids is 2. The molecule has 3 aromatic heterocycles. The van der Waals surface area contributed by atoms with Gasteiger partial charge in [-0.1, -0.05) is 17.7 Å². The number of methoxy groups -OCH3 is 2. The summed E-state index contributed by atoms with van der Waals surface area (Å²) in [6, 6.07) is 5.22. The number of rotatable bonds is 5. The molecule has 0 saturated heterocycles. The van der Waals surface area contributed by atoms with E-state index in [4.69, 9.17) is 21.1 Å². The summed E-state index contributed by atoms with van der Waals surface area (Å²) in [6.07, 6.45) is 5.08. The van der Waals surface area contributed by atoms with E-state index in [1.807, 2.05) is 0 Å². The summed E-state index contributed by atoms with van der Waals surface area (Å²) in [7, 11) is 2.46. The third-order valence-corrected chi connectivity index (χ3v) is 4.38. The van der Waals surface area contributed by atoms with Gasteiger partial charge in [0.1, 0.15) is 5.65 Å². The summed E-state index contributed by atoms with van der Waals surface area (Å²) in [5.41, 5.74) is 2.66. The van der Waals surface area contributed by atoms with Crippen molar-refractivity contribution in [1.82, 2.24) is 15.0 Å². The van der Waals surface area contributed by atoms with Gasteiger partial charge in [-0.05, 0) is 24.1 Å². The van der Waals surface area contributed by atoms with E-state index in [1.165, 1.54) is 14.2 Å². The molecular formula is C18H16ClN3O4. The van der Waals surface area contributed by atoms with Crippen LogP contribution < -0.4 is 0 Å². The third-order valence-electron chi connectivity index (χ3n) is 4.06. The number of ether oxygens (including phenoxy) is 2. The Morgan fingerprint density at radius 2 is 1.88 bits per heavy atom. The van der Waals surface area contributed by atoms with E-state index in [-0.39, 0.29) is 6.42 Å². The number of carbonyl (C=O) groups is 2. The molecule has 0 spiro atoms. The van der Waals surface area contributed by atoms with E-state index in [0.717, 1.165) is 10.9 Å². The Morgan fingerprint density at radius 3 is 2.58 bits per heavy atom. The van der Waals surface area contributed by atoms with Crippen LogP contribution in [0.5, 0.6) is 0 Å². The molecule has 8 heteroatoms. The Morgan fingerprint density at radius 1 is 1.15 bits per heavy atom. The number of hydrogen-bond donors (Lipinski definition) is 1. The van der Waals surface area contributed by atoms with Gasteiger partial charge in [-0.3, -0.25) is 14.6 Å². The lowest BCUT2D eigenvalue weighted by Gasteiger charge is -2.14. The number of fused-ring (bicyclic) bond motifs is 1. The minimum Gasteiger partial charge on any atom is -0.468 e. The molecule has 0 saturated carbocycles. The molecule has 134 valence electrons. The van der Waals surface area contributed by atoms with Crippen LogP contribution in [0.4, 0.5) is 0 Å². The van der Waals surface area contributed by atoms with Gasteiger partial charge < -0.3 is 14.5 Å². The third kappa shape index (κ3) is 3.25. The van der Waals surface area contributed by atoms with E-state index in [2.05, 4.69) is 15.0 Å². The lowest BCUT2D eigenvalue weighted by atomic mass is 9.95.